The lowest BCUT2D eigenvalue weighted by atomic mass is 10.1. The Labute approximate surface area is 102 Å². The molecule has 17 heavy (non-hydrogen) atoms. The van der Waals surface area contributed by atoms with Gasteiger partial charge in [0.25, 0.3) is 0 Å². The van der Waals surface area contributed by atoms with Gasteiger partial charge in [0.2, 0.25) is 10.0 Å². The molecule has 1 aromatic carbocycles. The molecule has 0 saturated heterocycles. The van der Waals surface area contributed by atoms with Gasteiger partial charge in [0.1, 0.15) is 6.61 Å². The third-order valence-electron chi connectivity index (χ3n) is 2.20. The second-order valence-corrected chi connectivity index (χ2v) is 5.87. The number of benzene rings is 1. The molecule has 0 heterocycles. The van der Waals surface area contributed by atoms with E-state index in [9.17, 15) is 8.42 Å². The van der Waals surface area contributed by atoms with Crippen molar-refractivity contribution in [3.8, 4) is 11.8 Å². The number of aliphatic hydroxyl groups excluding tert-OH is 1. The molecule has 92 valence electrons. The molecule has 0 aliphatic rings. The molecule has 5 heteroatoms. The SMILES string of the molecule is Cc1ccc(S(=O)(=O)N(C)C)c(C#CCO)c1. The van der Waals surface area contributed by atoms with Gasteiger partial charge in [0.15, 0.2) is 0 Å². The summed E-state index contributed by atoms with van der Waals surface area (Å²) in [5.74, 6) is 5.12. The van der Waals surface area contributed by atoms with Gasteiger partial charge in [0, 0.05) is 19.7 Å². The van der Waals surface area contributed by atoms with E-state index in [0.717, 1.165) is 9.87 Å². The summed E-state index contributed by atoms with van der Waals surface area (Å²) < 4.78 is 25.2. The molecule has 4 nitrogen and oxygen atoms in total. The van der Waals surface area contributed by atoms with Crippen molar-refractivity contribution >= 4 is 10.0 Å². The molecule has 0 saturated carbocycles. The Balaban J connectivity index is 3.44. The molecule has 1 N–H and O–H groups in total. The fraction of sp³-hybridized carbons (Fsp3) is 0.333. The van der Waals surface area contributed by atoms with E-state index in [2.05, 4.69) is 11.8 Å². The van der Waals surface area contributed by atoms with E-state index in [1.54, 1.807) is 12.1 Å². The van der Waals surface area contributed by atoms with Crippen LogP contribution in [-0.4, -0.2) is 38.5 Å². The van der Waals surface area contributed by atoms with Crippen LogP contribution in [0.3, 0.4) is 0 Å². The lowest BCUT2D eigenvalue weighted by Gasteiger charge is -2.13. The van der Waals surface area contributed by atoms with Crippen molar-refractivity contribution in [2.45, 2.75) is 11.8 Å². The number of sulfonamides is 1. The predicted molar refractivity (Wildman–Crippen MR) is 66.0 cm³/mol. The van der Waals surface area contributed by atoms with Gasteiger partial charge >= 0.3 is 0 Å². The summed E-state index contributed by atoms with van der Waals surface area (Å²) in [6, 6.07) is 4.95. The zero-order chi connectivity index (χ0) is 13.1. The minimum atomic E-state index is -3.51. The topological polar surface area (TPSA) is 57.6 Å². The van der Waals surface area contributed by atoms with Crippen molar-refractivity contribution in [3.63, 3.8) is 0 Å². The van der Waals surface area contributed by atoms with E-state index in [1.807, 2.05) is 6.92 Å². The van der Waals surface area contributed by atoms with Gasteiger partial charge in [-0.3, -0.25) is 0 Å². The zero-order valence-electron chi connectivity index (χ0n) is 10.1. The minimum Gasteiger partial charge on any atom is -0.384 e. The van der Waals surface area contributed by atoms with Crippen LogP contribution < -0.4 is 0 Å². The average molecular weight is 253 g/mol. The maximum atomic E-state index is 12.0. The van der Waals surface area contributed by atoms with E-state index >= 15 is 0 Å². The Bertz CT molecular complexity index is 565. The number of hydrogen-bond acceptors (Lipinski definition) is 3. The van der Waals surface area contributed by atoms with Crippen molar-refractivity contribution < 1.29 is 13.5 Å². The Kier molecular flexibility index (Phi) is 4.29. The average Bonchev–Trinajstić information content (AvgIpc) is 2.25. The lowest BCUT2D eigenvalue weighted by molar-refractivity contribution is 0.350. The molecule has 0 bridgehead atoms. The van der Waals surface area contributed by atoms with E-state index < -0.39 is 10.0 Å². The summed E-state index contributed by atoms with van der Waals surface area (Å²) in [4.78, 5) is 0.161. The van der Waals surface area contributed by atoms with E-state index in [4.69, 9.17) is 5.11 Å². The molecule has 0 aliphatic carbocycles. The predicted octanol–water partition coefficient (Wildman–Crippen LogP) is 0.589. The van der Waals surface area contributed by atoms with Gasteiger partial charge in [-0.15, -0.1) is 0 Å². The van der Waals surface area contributed by atoms with Crippen LogP contribution in [0.4, 0.5) is 0 Å². The minimum absolute atomic E-state index is 0.161. The molecule has 0 amide bonds. The van der Waals surface area contributed by atoms with Crippen LogP contribution in [0.15, 0.2) is 23.1 Å². The third kappa shape index (κ3) is 3.07. The lowest BCUT2D eigenvalue weighted by Crippen LogP contribution is -2.23. The molecule has 1 rings (SSSR count). The van der Waals surface area contributed by atoms with Crippen molar-refractivity contribution in [2.75, 3.05) is 20.7 Å². The van der Waals surface area contributed by atoms with Crippen LogP contribution in [0.1, 0.15) is 11.1 Å². The summed E-state index contributed by atoms with van der Waals surface area (Å²) in [6.07, 6.45) is 0. The molecule has 0 fully saturated rings. The van der Waals surface area contributed by atoms with Crippen molar-refractivity contribution in [1.82, 2.24) is 4.31 Å². The molecular weight excluding hydrogens is 238 g/mol. The summed E-state index contributed by atoms with van der Waals surface area (Å²) >= 11 is 0. The number of rotatable bonds is 2. The van der Waals surface area contributed by atoms with Gasteiger partial charge in [-0.25, -0.2) is 12.7 Å². The van der Waals surface area contributed by atoms with Crippen molar-refractivity contribution in [1.29, 1.82) is 0 Å². The van der Waals surface area contributed by atoms with E-state index in [0.29, 0.717) is 5.56 Å². The highest BCUT2D eigenvalue weighted by Gasteiger charge is 2.20. The van der Waals surface area contributed by atoms with Crippen LogP contribution in [0.2, 0.25) is 0 Å². The monoisotopic (exact) mass is 253 g/mol. The molecule has 0 spiro atoms. The molecule has 0 aromatic heterocycles. The van der Waals surface area contributed by atoms with Crippen LogP contribution >= 0.6 is 0 Å². The third-order valence-corrected chi connectivity index (χ3v) is 4.07. The molecular formula is C12H15NO3S. The Morgan fingerprint density at radius 1 is 1.35 bits per heavy atom. The second-order valence-electron chi connectivity index (χ2n) is 3.75. The van der Waals surface area contributed by atoms with Crippen LogP contribution in [0.5, 0.6) is 0 Å². The molecule has 0 unspecified atom stereocenters. The first-order valence-corrected chi connectivity index (χ1v) is 6.46. The zero-order valence-corrected chi connectivity index (χ0v) is 10.9. The van der Waals surface area contributed by atoms with Gasteiger partial charge in [-0.05, 0) is 24.6 Å². The van der Waals surface area contributed by atoms with Gasteiger partial charge in [-0.1, -0.05) is 17.9 Å². The van der Waals surface area contributed by atoms with Crippen molar-refractivity contribution in [2.24, 2.45) is 0 Å². The number of aryl methyl sites for hydroxylation is 1. The fourth-order valence-electron chi connectivity index (χ4n) is 1.30. The number of aliphatic hydroxyl groups is 1. The molecule has 0 atom stereocenters. The maximum absolute atomic E-state index is 12.0. The normalized spacial score (nSPS) is 11.1. The highest BCUT2D eigenvalue weighted by Crippen LogP contribution is 2.19. The number of hydrogen-bond donors (Lipinski definition) is 1. The highest BCUT2D eigenvalue weighted by molar-refractivity contribution is 7.89. The largest absolute Gasteiger partial charge is 0.384 e. The van der Waals surface area contributed by atoms with Gasteiger partial charge in [-0.2, -0.15) is 0 Å². The standard InChI is InChI=1S/C12H15NO3S/c1-10-6-7-12(17(15,16)13(2)3)11(9-10)5-4-8-14/h6-7,9,14H,8H2,1-3H3. The summed E-state index contributed by atoms with van der Waals surface area (Å²) in [6.45, 7) is 1.56. The highest BCUT2D eigenvalue weighted by atomic mass is 32.2. The number of nitrogens with zero attached hydrogens (tertiary/aromatic N) is 1. The van der Waals surface area contributed by atoms with Gasteiger partial charge in [0.05, 0.1) is 4.90 Å². The molecule has 1 aromatic rings. The Morgan fingerprint density at radius 3 is 2.53 bits per heavy atom. The first-order chi connectivity index (χ1) is 7.89. The quantitative estimate of drug-likeness (QED) is 0.785. The fourth-order valence-corrected chi connectivity index (χ4v) is 2.32. The maximum Gasteiger partial charge on any atom is 0.243 e. The second kappa shape index (κ2) is 5.32. The first kappa shape index (κ1) is 13.7. The smallest absolute Gasteiger partial charge is 0.243 e. The first-order valence-electron chi connectivity index (χ1n) is 5.02. The van der Waals surface area contributed by atoms with Gasteiger partial charge < -0.3 is 5.11 Å². The molecule has 0 aliphatic heterocycles. The summed E-state index contributed by atoms with van der Waals surface area (Å²) in [7, 11) is -0.564. The Morgan fingerprint density at radius 2 is 2.00 bits per heavy atom. The van der Waals surface area contributed by atoms with E-state index in [-0.39, 0.29) is 11.5 Å². The van der Waals surface area contributed by atoms with Crippen LogP contribution in [0.25, 0.3) is 0 Å². The van der Waals surface area contributed by atoms with Crippen LogP contribution in [-0.2, 0) is 10.0 Å². The van der Waals surface area contributed by atoms with E-state index in [1.165, 1.54) is 20.2 Å². The van der Waals surface area contributed by atoms with Crippen molar-refractivity contribution in [3.05, 3.63) is 29.3 Å². The summed E-state index contributed by atoms with van der Waals surface area (Å²) in [5.41, 5.74) is 1.33. The van der Waals surface area contributed by atoms with Crippen LogP contribution in [0, 0.1) is 18.8 Å². The Hall–Kier alpha value is -1.35. The summed E-state index contributed by atoms with van der Waals surface area (Å²) in [5, 5.41) is 8.67. The molecule has 0 radical (unpaired) electrons.